The van der Waals surface area contributed by atoms with Crippen LogP contribution < -0.4 is 11.1 Å². The van der Waals surface area contributed by atoms with Gasteiger partial charge in [0.15, 0.2) is 0 Å². The van der Waals surface area contributed by atoms with E-state index < -0.39 is 0 Å². The van der Waals surface area contributed by atoms with E-state index in [1.165, 1.54) is 6.20 Å². The molecule has 88 valence electrons. The van der Waals surface area contributed by atoms with Crippen LogP contribution in [-0.2, 0) is 6.54 Å². The lowest BCUT2D eigenvalue weighted by Gasteiger charge is -2.05. The fourth-order valence-electron chi connectivity index (χ4n) is 1.41. The lowest BCUT2D eigenvalue weighted by molar-refractivity contribution is 0.0952. The highest BCUT2D eigenvalue weighted by Gasteiger charge is 2.04. The molecule has 0 aliphatic rings. The Kier molecular flexibility index (Phi) is 3.34. The molecule has 2 aromatic heterocycles. The summed E-state index contributed by atoms with van der Waals surface area (Å²) in [5, 5.41) is 2.79. The molecule has 0 atom stereocenters. The highest BCUT2D eigenvalue weighted by Crippen LogP contribution is 2.02. The Bertz CT molecular complexity index is 494. The van der Waals surface area contributed by atoms with Gasteiger partial charge >= 0.3 is 0 Å². The van der Waals surface area contributed by atoms with Crippen LogP contribution in [0.5, 0.6) is 0 Å². The summed E-state index contributed by atoms with van der Waals surface area (Å²) in [6, 6.07) is 3.18. The van der Waals surface area contributed by atoms with Gasteiger partial charge in [-0.15, -0.1) is 0 Å². The van der Waals surface area contributed by atoms with Gasteiger partial charge in [-0.3, -0.25) is 4.79 Å². The molecule has 2 rings (SSSR count). The van der Waals surface area contributed by atoms with E-state index in [2.05, 4.69) is 15.3 Å². The van der Waals surface area contributed by atoms with E-state index in [0.717, 1.165) is 0 Å². The molecule has 6 heteroatoms. The first kappa shape index (κ1) is 11.1. The number of nitrogen functional groups attached to an aromatic ring is 1. The van der Waals surface area contributed by atoms with Gasteiger partial charge in [0.1, 0.15) is 5.82 Å². The zero-order valence-electron chi connectivity index (χ0n) is 9.21. The minimum atomic E-state index is -0.154. The number of hydrogen-bond acceptors (Lipinski definition) is 4. The molecule has 1 amide bonds. The molecule has 0 fully saturated rings. The van der Waals surface area contributed by atoms with Crippen molar-refractivity contribution in [2.45, 2.75) is 6.54 Å². The third kappa shape index (κ3) is 3.04. The second-order valence-electron chi connectivity index (χ2n) is 3.53. The van der Waals surface area contributed by atoms with Gasteiger partial charge in [-0.1, -0.05) is 0 Å². The summed E-state index contributed by atoms with van der Waals surface area (Å²) >= 11 is 0. The van der Waals surface area contributed by atoms with Gasteiger partial charge in [0.05, 0.1) is 6.33 Å². The van der Waals surface area contributed by atoms with Crippen molar-refractivity contribution in [3.63, 3.8) is 0 Å². The predicted octanol–water partition coefficient (Wildman–Crippen LogP) is 0.290. The quantitative estimate of drug-likeness (QED) is 0.792. The van der Waals surface area contributed by atoms with Crippen LogP contribution in [0.4, 0.5) is 5.82 Å². The van der Waals surface area contributed by atoms with E-state index in [4.69, 9.17) is 5.73 Å². The van der Waals surface area contributed by atoms with E-state index in [1.54, 1.807) is 24.7 Å². The Morgan fingerprint density at radius 3 is 3.06 bits per heavy atom. The molecule has 2 aromatic rings. The monoisotopic (exact) mass is 231 g/mol. The van der Waals surface area contributed by atoms with Crippen LogP contribution in [0.3, 0.4) is 0 Å². The van der Waals surface area contributed by atoms with Crippen molar-refractivity contribution >= 4 is 11.7 Å². The zero-order valence-corrected chi connectivity index (χ0v) is 9.21. The second-order valence-corrected chi connectivity index (χ2v) is 3.53. The molecule has 0 aliphatic carbocycles. The molecule has 0 saturated carbocycles. The van der Waals surface area contributed by atoms with Gasteiger partial charge in [-0.25, -0.2) is 9.97 Å². The molecule has 0 saturated heterocycles. The van der Waals surface area contributed by atoms with Crippen molar-refractivity contribution in [2.75, 3.05) is 12.3 Å². The molecule has 0 bridgehead atoms. The van der Waals surface area contributed by atoms with E-state index in [-0.39, 0.29) is 5.91 Å². The summed E-state index contributed by atoms with van der Waals surface area (Å²) in [5.41, 5.74) is 6.02. The van der Waals surface area contributed by atoms with Gasteiger partial charge in [0, 0.05) is 37.2 Å². The summed E-state index contributed by atoms with van der Waals surface area (Å²) in [5.74, 6) is 0.187. The van der Waals surface area contributed by atoms with Crippen molar-refractivity contribution in [1.82, 2.24) is 19.9 Å². The maximum atomic E-state index is 11.7. The van der Waals surface area contributed by atoms with Crippen molar-refractivity contribution in [3.8, 4) is 0 Å². The number of rotatable bonds is 4. The van der Waals surface area contributed by atoms with Gasteiger partial charge < -0.3 is 15.6 Å². The number of nitrogens with two attached hydrogens (primary N) is 1. The maximum Gasteiger partial charge on any atom is 0.251 e. The van der Waals surface area contributed by atoms with Crippen molar-refractivity contribution < 1.29 is 4.79 Å². The van der Waals surface area contributed by atoms with Gasteiger partial charge in [0.25, 0.3) is 5.91 Å². The smallest absolute Gasteiger partial charge is 0.251 e. The average molecular weight is 231 g/mol. The van der Waals surface area contributed by atoms with Crippen LogP contribution in [0, 0.1) is 0 Å². The average Bonchev–Trinajstić information content (AvgIpc) is 2.82. The Morgan fingerprint density at radius 2 is 2.35 bits per heavy atom. The van der Waals surface area contributed by atoms with Gasteiger partial charge in [0.2, 0.25) is 0 Å². The van der Waals surface area contributed by atoms with Crippen LogP contribution in [0.1, 0.15) is 10.4 Å². The molecule has 0 unspecified atom stereocenters. The van der Waals surface area contributed by atoms with Crippen LogP contribution in [0.25, 0.3) is 0 Å². The first-order valence-electron chi connectivity index (χ1n) is 5.21. The number of hydrogen-bond donors (Lipinski definition) is 2. The molecule has 0 aromatic carbocycles. The Balaban J connectivity index is 1.85. The fourth-order valence-corrected chi connectivity index (χ4v) is 1.41. The van der Waals surface area contributed by atoms with Crippen LogP contribution >= 0.6 is 0 Å². The summed E-state index contributed by atoms with van der Waals surface area (Å²) in [4.78, 5) is 19.4. The third-order valence-corrected chi connectivity index (χ3v) is 2.26. The van der Waals surface area contributed by atoms with Crippen LogP contribution in [0.15, 0.2) is 37.1 Å². The molecule has 0 spiro atoms. The largest absolute Gasteiger partial charge is 0.384 e. The SMILES string of the molecule is Nc1cc(C(=O)NCCn2ccnc2)ccn1. The number of anilines is 1. The minimum Gasteiger partial charge on any atom is -0.384 e. The fraction of sp³-hybridized carbons (Fsp3) is 0.182. The Morgan fingerprint density at radius 1 is 1.47 bits per heavy atom. The lowest BCUT2D eigenvalue weighted by Crippen LogP contribution is -2.27. The summed E-state index contributed by atoms with van der Waals surface area (Å²) in [7, 11) is 0. The standard InChI is InChI=1S/C11H13N5O/c12-10-7-9(1-2-14-10)11(17)15-4-6-16-5-3-13-8-16/h1-3,5,7-8H,4,6H2,(H2,12,14)(H,15,17). The number of carbonyl (C=O) groups is 1. The Hall–Kier alpha value is -2.37. The van der Waals surface area contributed by atoms with Crippen LogP contribution in [-0.4, -0.2) is 27.0 Å². The molecule has 3 N–H and O–H groups in total. The van der Waals surface area contributed by atoms with E-state index in [9.17, 15) is 4.79 Å². The lowest BCUT2D eigenvalue weighted by atomic mass is 10.2. The molecule has 2 heterocycles. The molecule has 0 radical (unpaired) electrons. The normalized spacial score (nSPS) is 10.1. The number of nitrogens with one attached hydrogen (secondary N) is 1. The van der Waals surface area contributed by atoms with Crippen molar-refractivity contribution in [1.29, 1.82) is 0 Å². The first-order valence-corrected chi connectivity index (χ1v) is 5.21. The summed E-state index contributed by atoms with van der Waals surface area (Å²) in [6.07, 6.45) is 6.76. The van der Waals surface area contributed by atoms with Crippen molar-refractivity contribution in [3.05, 3.63) is 42.6 Å². The molecular weight excluding hydrogens is 218 g/mol. The van der Waals surface area contributed by atoms with Crippen molar-refractivity contribution in [2.24, 2.45) is 0 Å². The molecule has 17 heavy (non-hydrogen) atoms. The third-order valence-electron chi connectivity index (χ3n) is 2.26. The Labute approximate surface area is 98.5 Å². The number of amides is 1. The highest BCUT2D eigenvalue weighted by molar-refractivity contribution is 5.94. The van der Waals surface area contributed by atoms with E-state index in [0.29, 0.717) is 24.5 Å². The summed E-state index contributed by atoms with van der Waals surface area (Å²) in [6.45, 7) is 1.23. The highest BCUT2D eigenvalue weighted by atomic mass is 16.1. The van der Waals surface area contributed by atoms with Crippen LogP contribution in [0.2, 0.25) is 0 Å². The summed E-state index contributed by atoms with van der Waals surface area (Å²) < 4.78 is 1.89. The van der Waals surface area contributed by atoms with Gasteiger partial charge in [-0.05, 0) is 12.1 Å². The molecular formula is C11H13N5O. The minimum absolute atomic E-state index is 0.154. The second kappa shape index (κ2) is 5.11. The number of nitrogens with zero attached hydrogens (tertiary/aromatic N) is 3. The number of imidazole rings is 1. The maximum absolute atomic E-state index is 11.7. The molecule has 6 nitrogen and oxygen atoms in total. The topological polar surface area (TPSA) is 85.8 Å². The van der Waals surface area contributed by atoms with Gasteiger partial charge in [-0.2, -0.15) is 0 Å². The first-order chi connectivity index (χ1) is 8.25. The number of carbonyl (C=O) groups excluding carboxylic acids is 1. The number of aromatic nitrogens is 3. The predicted molar refractivity (Wildman–Crippen MR) is 63.2 cm³/mol. The number of pyridine rings is 1. The molecule has 0 aliphatic heterocycles. The zero-order chi connectivity index (χ0) is 12.1. The van der Waals surface area contributed by atoms with E-state index in [1.807, 2.05) is 10.8 Å². The van der Waals surface area contributed by atoms with E-state index >= 15 is 0 Å².